The summed E-state index contributed by atoms with van der Waals surface area (Å²) < 4.78 is 0. The molecule has 3 rings (SSSR count). The molecule has 2 N–H and O–H groups in total. The minimum atomic E-state index is 0.154. The van der Waals surface area contributed by atoms with Crippen LogP contribution in [0.3, 0.4) is 0 Å². The number of amides is 1. The first-order valence-electron chi connectivity index (χ1n) is 6.41. The third-order valence-electron chi connectivity index (χ3n) is 3.50. The van der Waals surface area contributed by atoms with E-state index in [2.05, 4.69) is 12.1 Å². The van der Waals surface area contributed by atoms with E-state index in [1.165, 1.54) is 11.1 Å². The maximum Gasteiger partial charge on any atom is 0.227 e. The van der Waals surface area contributed by atoms with E-state index in [1.807, 2.05) is 41.3 Å². The minimum Gasteiger partial charge on any atom is -0.399 e. The van der Waals surface area contributed by atoms with Crippen LogP contribution in [0.4, 0.5) is 5.69 Å². The third-order valence-corrected chi connectivity index (χ3v) is 3.50. The van der Waals surface area contributed by atoms with Crippen LogP contribution in [0.25, 0.3) is 0 Å². The van der Waals surface area contributed by atoms with Crippen molar-refractivity contribution in [3.8, 4) is 0 Å². The SMILES string of the molecule is Nc1cccc(CC(=O)N2Cc3ccccc3C2)c1. The second-order valence-electron chi connectivity index (χ2n) is 4.94. The topological polar surface area (TPSA) is 46.3 Å². The Hall–Kier alpha value is -2.29. The number of nitrogen functional groups attached to an aromatic ring is 1. The summed E-state index contributed by atoms with van der Waals surface area (Å²) in [6.07, 6.45) is 0.416. The van der Waals surface area contributed by atoms with Gasteiger partial charge in [0.15, 0.2) is 0 Å². The number of hydrogen-bond acceptors (Lipinski definition) is 2. The van der Waals surface area contributed by atoms with Gasteiger partial charge in [-0.3, -0.25) is 4.79 Å². The molecule has 0 spiro atoms. The Morgan fingerprint density at radius 3 is 2.37 bits per heavy atom. The Morgan fingerprint density at radius 2 is 1.74 bits per heavy atom. The molecule has 0 saturated heterocycles. The predicted molar refractivity (Wildman–Crippen MR) is 75.3 cm³/mol. The van der Waals surface area contributed by atoms with Crippen molar-refractivity contribution in [1.29, 1.82) is 0 Å². The summed E-state index contributed by atoms with van der Waals surface area (Å²) in [4.78, 5) is 14.2. The van der Waals surface area contributed by atoms with Crippen LogP contribution in [0.1, 0.15) is 16.7 Å². The van der Waals surface area contributed by atoms with Gasteiger partial charge in [-0.15, -0.1) is 0 Å². The van der Waals surface area contributed by atoms with Crippen molar-refractivity contribution in [2.75, 3.05) is 5.73 Å². The van der Waals surface area contributed by atoms with E-state index in [1.54, 1.807) is 0 Å². The van der Waals surface area contributed by atoms with E-state index < -0.39 is 0 Å². The molecule has 2 aromatic rings. The number of rotatable bonds is 2. The van der Waals surface area contributed by atoms with Crippen molar-refractivity contribution < 1.29 is 4.79 Å². The molecule has 0 bridgehead atoms. The van der Waals surface area contributed by atoms with Crippen molar-refractivity contribution >= 4 is 11.6 Å². The minimum absolute atomic E-state index is 0.154. The molecule has 0 saturated carbocycles. The molecule has 2 aromatic carbocycles. The molecule has 0 aromatic heterocycles. The summed E-state index contributed by atoms with van der Waals surface area (Å²) >= 11 is 0. The summed E-state index contributed by atoms with van der Waals surface area (Å²) in [6, 6.07) is 15.7. The zero-order valence-electron chi connectivity index (χ0n) is 10.7. The molecule has 0 radical (unpaired) electrons. The fourth-order valence-electron chi connectivity index (χ4n) is 2.50. The first kappa shape index (κ1) is 11.8. The summed E-state index contributed by atoms with van der Waals surface area (Å²) in [7, 11) is 0. The fraction of sp³-hybridized carbons (Fsp3) is 0.188. The van der Waals surface area contributed by atoms with Crippen LogP contribution in [0.2, 0.25) is 0 Å². The highest BCUT2D eigenvalue weighted by molar-refractivity contribution is 5.79. The Bertz CT molecular complexity index is 597. The lowest BCUT2D eigenvalue weighted by atomic mass is 10.1. The molecule has 3 nitrogen and oxygen atoms in total. The monoisotopic (exact) mass is 252 g/mol. The molecule has 1 aliphatic heterocycles. The van der Waals surface area contributed by atoms with Gasteiger partial charge in [-0.25, -0.2) is 0 Å². The van der Waals surface area contributed by atoms with E-state index in [4.69, 9.17) is 5.73 Å². The second kappa shape index (κ2) is 4.76. The van der Waals surface area contributed by atoms with Gasteiger partial charge in [0.25, 0.3) is 0 Å². The van der Waals surface area contributed by atoms with Crippen LogP contribution in [0.15, 0.2) is 48.5 Å². The molecule has 3 heteroatoms. The van der Waals surface area contributed by atoms with E-state index in [0.717, 1.165) is 18.7 Å². The number of benzene rings is 2. The van der Waals surface area contributed by atoms with Crippen LogP contribution >= 0.6 is 0 Å². The molecular weight excluding hydrogens is 236 g/mol. The van der Waals surface area contributed by atoms with Gasteiger partial charge in [0, 0.05) is 18.8 Å². The lowest BCUT2D eigenvalue weighted by Crippen LogP contribution is -2.26. The average molecular weight is 252 g/mol. The van der Waals surface area contributed by atoms with Gasteiger partial charge in [-0.1, -0.05) is 36.4 Å². The quantitative estimate of drug-likeness (QED) is 0.834. The molecule has 1 heterocycles. The van der Waals surface area contributed by atoms with Gasteiger partial charge in [-0.2, -0.15) is 0 Å². The predicted octanol–water partition coefficient (Wildman–Crippen LogP) is 2.35. The Labute approximate surface area is 112 Å². The molecule has 1 amide bonds. The van der Waals surface area contributed by atoms with Crippen LogP contribution in [0.5, 0.6) is 0 Å². The third kappa shape index (κ3) is 2.45. The lowest BCUT2D eigenvalue weighted by Gasteiger charge is -2.15. The standard InChI is InChI=1S/C16H16N2O/c17-15-7-3-4-12(8-15)9-16(19)18-10-13-5-1-2-6-14(13)11-18/h1-8H,9-11,17H2. The highest BCUT2D eigenvalue weighted by atomic mass is 16.2. The van der Waals surface area contributed by atoms with E-state index in [9.17, 15) is 4.79 Å². The van der Waals surface area contributed by atoms with E-state index in [0.29, 0.717) is 12.1 Å². The highest BCUT2D eigenvalue weighted by Gasteiger charge is 2.22. The van der Waals surface area contributed by atoms with Crippen LogP contribution in [-0.2, 0) is 24.3 Å². The highest BCUT2D eigenvalue weighted by Crippen LogP contribution is 2.23. The van der Waals surface area contributed by atoms with Gasteiger partial charge < -0.3 is 10.6 Å². The number of hydrogen-bond donors (Lipinski definition) is 1. The molecule has 0 atom stereocenters. The molecule has 19 heavy (non-hydrogen) atoms. The van der Waals surface area contributed by atoms with Crippen molar-refractivity contribution in [3.05, 3.63) is 65.2 Å². The smallest absolute Gasteiger partial charge is 0.227 e. The summed E-state index contributed by atoms with van der Waals surface area (Å²) in [5.41, 5.74) is 9.91. The maximum absolute atomic E-state index is 12.3. The van der Waals surface area contributed by atoms with Gasteiger partial charge >= 0.3 is 0 Å². The Morgan fingerprint density at radius 1 is 1.05 bits per heavy atom. The lowest BCUT2D eigenvalue weighted by molar-refractivity contribution is -0.131. The molecule has 96 valence electrons. The zero-order valence-corrected chi connectivity index (χ0v) is 10.7. The first-order valence-corrected chi connectivity index (χ1v) is 6.41. The molecule has 0 fully saturated rings. The Balaban J connectivity index is 1.70. The Kier molecular flexibility index (Phi) is 2.95. The molecule has 0 unspecified atom stereocenters. The summed E-state index contributed by atoms with van der Waals surface area (Å²) in [6.45, 7) is 1.44. The normalized spacial score (nSPS) is 13.4. The fourth-order valence-corrected chi connectivity index (χ4v) is 2.50. The number of nitrogens with two attached hydrogens (primary N) is 1. The van der Waals surface area contributed by atoms with Gasteiger partial charge in [0.1, 0.15) is 0 Å². The van der Waals surface area contributed by atoms with Crippen molar-refractivity contribution in [2.24, 2.45) is 0 Å². The molecule has 0 aliphatic carbocycles. The largest absolute Gasteiger partial charge is 0.399 e. The van der Waals surface area contributed by atoms with Crippen molar-refractivity contribution in [2.45, 2.75) is 19.5 Å². The van der Waals surface area contributed by atoms with Gasteiger partial charge in [0.05, 0.1) is 6.42 Å². The van der Waals surface area contributed by atoms with Crippen molar-refractivity contribution in [3.63, 3.8) is 0 Å². The number of nitrogens with zero attached hydrogens (tertiary/aromatic N) is 1. The van der Waals surface area contributed by atoms with Crippen LogP contribution in [0, 0.1) is 0 Å². The van der Waals surface area contributed by atoms with E-state index >= 15 is 0 Å². The molecular formula is C16H16N2O. The van der Waals surface area contributed by atoms with E-state index in [-0.39, 0.29) is 5.91 Å². The zero-order chi connectivity index (χ0) is 13.2. The van der Waals surface area contributed by atoms with Gasteiger partial charge in [-0.05, 0) is 28.8 Å². The average Bonchev–Trinajstić information content (AvgIpc) is 2.82. The molecule has 1 aliphatic rings. The maximum atomic E-state index is 12.3. The summed E-state index contributed by atoms with van der Waals surface area (Å²) in [5.74, 6) is 0.154. The van der Waals surface area contributed by atoms with Crippen LogP contribution in [-0.4, -0.2) is 10.8 Å². The number of anilines is 1. The van der Waals surface area contributed by atoms with Crippen molar-refractivity contribution in [1.82, 2.24) is 4.90 Å². The number of carbonyl (C=O) groups excluding carboxylic acids is 1. The van der Waals surface area contributed by atoms with Gasteiger partial charge in [0.2, 0.25) is 5.91 Å². The second-order valence-corrected chi connectivity index (χ2v) is 4.94. The van der Waals surface area contributed by atoms with Crippen LogP contribution < -0.4 is 5.73 Å². The first-order chi connectivity index (χ1) is 9.22. The number of fused-ring (bicyclic) bond motifs is 1. The number of carbonyl (C=O) groups is 1. The summed E-state index contributed by atoms with van der Waals surface area (Å²) in [5, 5.41) is 0.